The van der Waals surface area contributed by atoms with Crippen molar-refractivity contribution >= 4 is 43.3 Å². The number of fused-ring (bicyclic) bond motifs is 4. The average molecular weight is 364 g/mol. The number of thioether (sulfide) groups is 1. The predicted molar refractivity (Wildman–Crippen MR) is 89.7 cm³/mol. The Balaban J connectivity index is 2.02. The minimum atomic E-state index is -3.80. The predicted octanol–water partition coefficient (Wildman–Crippen LogP) is 2.31. The summed E-state index contributed by atoms with van der Waals surface area (Å²) in [4.78, 5) is 12.5. The molecule has 124 valence electrons. The molecule has 0 fully saturated rings. The summed E-state index contributed by atoms with van der Waals surface area (Å²) in [6.45, 7) is 0. The highest BCUT2D eigenvalue weighted by Crippen LogP contribution is 2.52. The summed E-state index contributed by atoms with van der Waals surface area (Å²) in [5.74, 6) is -0.146. The van der Waals surface area contributed by atoms with Gasteiger partial charge < -0.3 is 9.26 Å². The molecule has 0 saturated heterocycles. The number of hydrogen-bond acceptors (Lipinski definition) is 7. The molecule has 0 atom stereocenters. The van der Waals surface area contributed by atoms with E-state index in [1.807, 2.05) is 12.1 Å². The largest absolute Gasteiger partial charge is 0.464 e. The van der Waals surface area contributed by atoms with Crippen molar-refractivity contribution in [2.24, 2.45) is 0 Å². The van der Waals surface area contributed by atoms with Crippen molar-refractivity contribution in [3.8, 4) is 0 Å². The van der Waals surface area contributed by atoms with Crippen LogP contribution in [-0.4, -0.2) is 33.7 Å². The van der Waals surface area contributed by atoms with Crippen LogP contribution in [0.4, 0.5) is 5.69 Å². The minimum absolute atomic E-state index is 0.0169. The fraction of sp³-hybridized carbons (Fsp3) is 0.200. The first-order valence-electron chi connectivity index (χ1n) is 6.99. The normalized spacial score (nSPS) is 17.8. The van der Waals surface area contributed by atoms with Crippen LogP contribution in [-0.2, 0) is 20.5 Å². The first-order chi connectivity index (χ1) is 11.5. The monoisotopic (exact) mass is 364 g/mol. The molecule has 0 radical (unpaired) electrons. The quantitative estimate of drug-likeness (QED) is 0.717. The highest BCUT2D eigenvalue weighted by Gasteiger charge is 2.43. The zero-order valence-corrected chi connectivity index (χ0v) is 14.4. The van der Waals surface area contributed by atoms with Crippen LogP contribution in [0, 0.1) is 0 Å². The van der Waals surface area contributed by atoms with Crippen molar-refractivity contribution in [2.75, 3.05) is 18.5 Å². The van der Waals surface area contributed by atoms with Gasteiger partial charge in [0.2, 0.25) is 0 Å². The van der Waals surface area contributed by atoms with Crippen LogP contribution >= 0.6 is 11.8 Å². The van der Waals surface area contributed by atoms with E-state index < -0.39 is 16.0 Å². The number of rotatable bonds is 1. The van der Waals surface area contributed by atoms with E-state index in [9.17, 15) is 13.2 Å². The van der Waals surface area contributed by atoms with E-state index in [0.29, 0.717) is 21.9 Å². The van der Waals surface area contributed by atoms with Gasteiger partial charge in [0.1, 0.15) is 4.91 Å². The molecule has 7 nitrogen and oxygen atoms in total. The summed E-state index contributed by atoms with van der Waals surface area (Å²) in [6.07, 6.45) is 0. The van der Waals surface area contributed by atoms with Crippen molar-refractivity contribution in [2.45, 2.75) is 5.75 Å². The highest BCUT2D eigenvalue weighted by atomic mass is 32.2. The zero-order valence-electron chi connectivity index (χ0n) is 12.8. The highest BCUT2D eigenvalue weighted by molar-refractivity contribution is 8.11. The maximum absolute atomic E-state index is 13.0. The third kappa shape index (κ3) is 1.88. The Morgan fingerprint density at radius 1 is 1.38 bits per heavy atom. The van der Waals surface area contributed by atoms with Gasteiger partial charge in [-0.25, -0.2) is 13.2 Å². The molecule has 0 amide bonds. The summed E-state index contributed by atoms with van der Waals surface area (Å²) in [5.41, 5.74) is 1.89. The van der Waals surface area contributed by atoms with Gasteiger partial charge in [-0.1, -0.05) is 23.4 Å². The zero-order chi connectivity index (χ0) is 17.1. The van der Waals surface area contributed by atoms with E-state index in [2.05, 4.69) is 9.89 Å². The second-order valence-corrected chi connectivity index (χ2v) is 8.16. The van der Waals surface area contributed by atoms with E-state index in [0.717, 1.165) is 5.56 Å². The SMILES string of the molecule is COC(=O)c1noc2c1CSC1=C2S(=O)(=O)N(C)c2ccccc21. The molecule has 2 aromatic rings. The number of esters is 1. The van der Waals surface area contributed by atoms with Crippen molar-refractivity contribution in [1.82, 2.24) is 5.16 Å². The first kappa shape index (κ1) is 15.3. The fourth-order valence-electron chi connectivity index (χ4n) is 2.83. The molecule has 0 bridgehead atoms. The topological polar surface area (TPSA) is 89.7 Å². The molecular formula is C15H12N2O5S2. The number of nitrogens with zero attached hydrogens (tertiary/aromatic N) is 2. The van der Waals surface area contributed by atoms with E-state index in [1.165, 1.54) is 30.2 Å². The molecule has 2 aliphatic heterocycles. The lowest BCUT2D eigenvalue weighted by atomic mass is 10.1. The van der Waals surface area contributed by atoms with Gasteiger partial charge in [0.15, 0.2) is 11.5 Å². The second-order valence-electron chi connectivity index (χ2n) is 5.27. The fourth-order valence-corrected chi connectivity index (χ4v) is 5.86. The van der Waals surface area contributed by atoms with Gasteiger partial charge in [0, 0.05) is 28.8 Å². The summed E-state index contributed by atoms with van der Waals surface area (Å²) in [6, 6.07) is 7.27. The van der Waals surface area contributed by atoms with E-state index in [-0.39, 0.29) is 16.4 Å². The molecule has 2 aliphatic rings. The number of para-hydroxylation sites is 1. The van der Waals surface area contributed by atoms with Crippen LogP contribution in [0.25, 0.3) is 9.81 Å². The smallest absolute Gasteiger partial charge is 0.360 e. The molecule has 0 unspecified atom stereocenters. The Morgan fingerprint density at radius 2 is 2.12 bits per heavy atom. The molecule has 0 N–H and O–H groups in total. The molecule has 24 heavy (non-hydrogen) atoms. The summed E-state index contributed by atoms with van der Waals surface area (Å²) in [5, 5.41) is 3.73. The van der Waals surface area contributed by atoms with Crippen LogP contribution in [0.2, 0.25) is 0 Å². The van der Waals surface area contributed by atoms with E-state index in [4.69, 9.17) is 4.52 Å². The lowest BCUT2D eigenvalue weighted by molar-refractivity contribution is 0.0588. The van der Waals surface area contributed by atoms with Crippen LogP contribution in [0.5, 0.6) is 0 Å². The second kappa shape index (κ2) is 5.12. The third-order valence-corrected chi connectivity index (χ3v) is 7.14. The Labute approximate surface area is 142 Å². The minimum Gasteiger partial charge on any atom is -0.464 e. The lowest BCUT2D eigenvalue weighted by Crippen LogP contribution is -2.32. The molecule has 3 heterocycles. The van der Waals surface area contributed by atoms with Crippen molar-refractivity contribution < 1.29 is 22.5 Å². The van der Waals surface area contributed by atoms with Gasteiger partial charge in [-0.3, -0.25) is 4.31 Å². The molecule has 4 rings (SSSR count). The van der Waals surface area contributed by atoms with Crippen LogP contribution < -0.4 is 4.31 Å². The number of hydrogen-bond donors (Lipinski definition) is 0. The molecular weight excluding hydrogens is 352 g/mol. The molecule has 9 heteroatoms. The van der Waals surface area contributed by atoms with Gasteiger partial charge in [0.05, 0.1) is 12.8 Å². The average Bonchev–Trinajstić information content (AvgIpc) is 3.02. The maximum Gasteiger partial charge on any atom is 0.360 e. The van der Waals surface area contributed by atoms with E-state index >= 15 is 0 Å². The summed E-state index contributed by atoms with van der Waals surface area (Å²) >= 11 is 1.35. The Bertz CT molecular complexity index is 1010. The van der Waals surface area contributed by atoms with Crippen molar-refractivity contribution in [3.05, 3.63) is 46.8 Å². The Morgan fingerprint density at radius 3 is 2.88 bits per heavy atom. The van der Waals surface area contributed by atoms with Crippen LogP contribution in [0.1, 0.15) is 27.4 Å². The van der Waals surface area contributed by atoms with E-state index in [1.54, 1.807) is 12.1 Å². The Kier molecular flexibility index (Phi) is 3.26. The number of carbonyl (C=O) groups is 1. The third-order valence-electron chi connectivity index (χ3n) is 4.05. The number of benzene rings is 1. The number of sulfonamides is 1. The number of methoxy groups -OCH3 is 1. The molecule has 1 aromatic heterocycles. The number of ether oxygens (including phenoxy) is 1. The van der Waals surface area contributed by atoms with Crippen molar-refractivity contribution in [1.29, 1.82) is 0 Å². The van der Waals surface area contributed by atoms with Gasteiger partial charge in [-0.05, 0) is 6.07 Å². The van der Waals surface area contributed by atoms with Gasteiger partial charge >= 0.3 is 5.97 Å². The molecule has 0 spiro atoms. The summed E-state index contributed by atoms with van der Waals surface area (Å²) in [7, 11) is -1.07. The Hall–Kier alpha value is -2.26. The maximum atomic E-state index is 13.0. The van der Waals surface area contributed by atoms with Crippen LogP contribution in [0.15, 0.2) is 28.8 Å². The van der Waals surface area contributed by atoms with Crippen molar-refractivity contribution in [3.63, 3.8) is 0 Å². The van der Waals surface area contributed by atoms with Gasteiger partial charge in [0.25, 0.3) is 10.0 Å². The molecule has 0 saturated carbocycles. The number of anilines is 1. The summed E-state index contributed by atoms with van der Waals surface area (Å²) < 4.78 is 37.1. The number of carbonyl (C=O) groups excluding carboxylic acids is 1. The molecule has 1 aromatic carbocycles. The first-order valence-corrected chi connectivity index (χ1v) is 9.42. The van der Waals surface area contributed by atoms with Gasteiger partial charge in [-0.2, -0.15) is 0 Å². The van der Waals surface area contributed by atoms with Gasteiger partial charge in [-0.15, -0.1) is 11.8 Å². The standard InChI is InChI=1S/C15H12N2O5S2/c1-17-10-6-4-3-5-8(10)13-14(24(17,19)20)12-9(7-23-13)11(16-22-12)15(18)21-2/h3-6H,7H2,1-2H3. The van der Waals surface area contributed by atoms with Crippen LogP contribution in [0.3, 0.4) is 0 Å². The molecule has 0 aliphatic carbocycles. The number of aromatic nitrogens is 1. The lowest BCUT2D eigenvalue weighted by Gasteiger charge is -2.31.